The van der Waals surface area contributed by atoms with Crippen molar-refractivity contribution in [3.05, 3.63) is 69.7 Å². The molecule has 0 spiro atoms. The third-order valence-corrected chi connectivity index (χ3v) is 8.93. The summed E-state index contributed by atoms with van der Waals surface area (Å²) in [5, 5.41) is 26.0. The number of aliphatic hydroxyl groups is 2. The van der Waals surface area contributed by atoms with Gasteiger partial charge in [-0.05, 0) is 74.6 Å². The number of methoxy groups -OCH3 is 1. The van der Waals surface area contributed by atoms with Crippen molar-refractivity contribution in [3.8, 4) is 0 Å². The molecule has 2 aliphatic rings. The van der Waals surface area contributed by atoms with E-state index < -0.39 is 17.8 Å². The second-order valence-corrected chi connectivity index (χ2v) is 11.8. The van der Waals surface area contributed by atoms with Crippen molar-refractivity contribution < 1.29 is 24.5 Å². The van der Waals surface area contributed by atoms with E-state index in [1.165, 1.54) is 7.11 Å². The third kappa shape index (κ3) is 6.97. The second-order valence-electron chi connectivity index (χ2n) is 11.4. The summed E-state index contributed by atoms with van der Waals surface area (Å²) in [5.74, 6) is -0.542. The van der Waals surface area contributed by atoms with Gasteiger partial charge in [0.15, 0.2) is 0 Å². The smallest absolute Gasteiger partial charge is 0.406 e. The Kier molecular flexibility index (Phi) is 10.1. The first kappa shape index (κ1) is 30.3. The number of piperidine rings is 1. The predicted octanol–water partition coefficient (Wildman–Crippen LogP) is 3.90. The number of aliphatic hydroxyl groups excluding tert-OH is 1. The first-order valence-corrected chi connectivity index (χ1v) is 14.6. The average molecular weight is 572 g/mol. The van der Waals surface area contributed by atoms with Crippen molar-refractivity contribution >= 4 is 23.6 Å². The summed E-state index contributed by atoms with van der Waals surface area (Å²) < 4.78 is 4.70. The number of carbonyl (C=O) groups is 2. The van der Waals surface area contributed by atoms with Crippen molar-refractivity contribution in [2.75, 3.05) is 26.7 Å². The summed E-state index contributed by atoms with van der Waals surface area (Å²) in [7, 11) is 1.32. The highest BCUT2D eigenvalue weighted by molar-refractivity contribution is 6.31. The molecule has 5 atom stereocenters. The van der Waals surface area contributed by atoms with Crippen LogP contribution < -0.4 is 11.1 Å². The first-order valence-electron chi connectivity index (χ1n) is 14.2. The van der Waals surface area contributed by atoms with E-state index in [2.05, 4.69) is 17.4 Å². The van der Waals surface area contributed by atoms with Crippen molar-refractivity contribution in [2.45, 2.75) is 69.6 Å². The fourth-order valence-electron chi connectivity index (χ4n) is 6.42. The molecule has 0 radical (unpaired) electrons. The zero-order valence-electron chi connectivity index (χ0n) is 23.4. The third-order valence-electron chi connectivity index (χ3n) is 8.57. The standard InChI is InChI=1S/C31H42ClN3O5/c1-20-7-3-8-21(15-20)16-24-25(10-4-11-26(24)32)31(39,12-6-13-34-30(38)40-2)23-9-5-14-35(19-23)29(37)22-17-27(33)28(36)18-22/h3-4,7-8,10-11,15,22-23,27-28,36,39H,5-6,9,12-14,16-19,33H2,1-2H3,(H,34,38)/t22-,23+,27+,28-,31?/m0/s1. The van der Waals surface area contributed by atoms with E-state index in [0.29, 0.717) is 56.8 Å². The van der Waals surface area contributed by atoms with Gasteiger partial charge in [-0.1, -0.05) is 53.6 Å². The Morgan fingerprint density at radius 2 is 2.00 bits per heavy atom. The summed E-state index contributed by atoms with van der Waals surface area (Å²) >= 11 is 6.79. The molecule has 0 aromatic heterocycles. The maximum Gasteiger partial charge on any atom is 0.406 e. The number of aryl methyl sites for hydroxylation is 1. The Bertz CT molecular complexity index is 1180. The Hall–Kier alpha value is -2.65. The molecule has 1 aliphatic heterocycles. The van der Waals surface area contributed by atoms with E-state index in [1.54, 1.807) is 0 Å². The van der Waals surface area contributed by atoms with Crippen LogP contribution in [0.15, 0.2) is 42.5 Å². The minimum Gasteiger partial charge on any atom is -0.453 e. The van der Waals surface area contributed by atoms with Crippen LogP contribution in [-0.2, 0) is 21.6 Å². The fraction of sp³-hybridized carbons (Fsp3) is 0.548. The number of likely N-dealkylation sites (tertiary alicyclic amines) is 1. The van der Waals surface area contributed by atoms with Crippen LogP contribution in [-0.4, -0.2) is 66.0 Å². The van der Waals surface area contributed by atoms with Gasteiger partial charge in [0.2, 0.25) is 5.91 Å². The Labute approximate surface area is 241 Å². The maximum atomic E-state index is 13.5. The SMILES string of the molecule is COC(=O)NCCCC(O)(c1cccc(Cl)c1Cc1cccc(C)c1)[C@@H]1CCCN(C(=O)[C@H]2C[C@@H](N)[C@@H](O)C2)C1. The normalized spacial score (nSPS) is 24.4. The first-order chi connectivity index (χ1) is 19.1. The molecular formula is C31H42ClN3O5. The lowest BCUT2D eigenvalue weighted by atomic mass is 9.72. The summed E-state index contributed by atoms with van der Waals surface area (Å²) in [4.78, 5) is 26.9. The number of halogens is 1. The van der Waals surface area contributed by atoms with Crippen LogP contribution in [0.25, 0.3) is 0 Å². The number of hydrogen-bond donors (Lipinski definition) is 4. The van der Waals surface area contributed by atoms with Crippen LogP contribution in [0.1, 0.15) is 60.8 Å². The topological polar surface area (TPSA) is 125 Å². The molecule has 1 unspecified atom stereocenters. The van der Waals surface area contributed by atoms with Crippen LogP contribution in [0.3, 0.4) is 0 Å². The largest absolute Gasteiger partial charge is 0.453 e. The number of alkyl carbamates (subject to hydrolysis) is 1. The molecule has 0 bridgehead atoms. The van der Waals surface area contributed by atoms with Crippen molar-refractivity contribution in [1.82, 2.24) is 10.2 Å². The molecular weight excluding hydrogens is 530 g/mol. The molecule has 5 N–H and O–H groups in total. The highest BCUT2D eigenvalue weighted by Gasteiger charge is 2.44. The Morgan fingerprint density at radius 3 is 2.70 bits per heavy atom. The van der Waals surface area contributed by atoms with Crippen LogP contribution in [0.4, 0.5) is 4.79 Å². The highest BCUT2D eigenvalue weighted by Crippen LogP contribution is 2.43. The van der Waals surface area contributed by atoms with E-state index in [0.717, 1.165) is 35.1 Å². The van der Waals surface area contributed by atoms with E-state index in [-0.39, 0.29) is 23.8 Å². The van der Waals surface area contributed by atoms with Gasteiger partial charge < -0.3 is 30.9 Å². The van der Waals surface area contributed by atoms with Gasteiger partial charge in [0, 0.05) is 42.5 Å². The lowest BCUT2D eigenvalue weighted by Crippen LogP contribution is -2.50. The molecule has 1 saturated heterocycles. The Morgan fingerprint density at radius 1 is 1.23 bits per heavy atom. The van der Waals surface area contributed by atoms with Gasteiger partial charge in [-0.3, -0.25) is 4.79 Å². The average Bonchev–Trinajstić information content (AvgIpc) is 3.29. The number of hydrogen-bond acceptors (Lipinski definition) is 6. The summed E-state index contributed by atoms with van der Waals surface area (Å²) in [6.07, 6.45) is 2.62. The van der Waals surface area contributed by atoms with E-state index in [1.807, 2.05) is 42.2 Å². The number of rotatable bonds is 9. The number of nitrogens with zero attached hydrogens (tertiary/aromatic N) is 1. The maximum absolute atomic E-state index is 13.5. The molecule has 8 nitrogen and oxygen atoms in total. The molecule has 2 fully saturated rings. The zero-order chi connectivity index (χ0) is 28.9. The predicted molar refractivity (Wildman–Crippen MR) is 155 cm³/mol. The molecule has 40 heavy (non-hydrogen) atoms. The van der Waals surface area contributed by atoms with Gasteiger partial charge >= 0.3 is 6.09 Å². The number of nitrogens with one attached hydrogen (secondary N) is 1. The zero-order valence-corrected chi connectivity index (χ0v) is 24.2. The minimum atomic E-state index is -1.29. The van der Waals surface area contributed by atoms with Crippen molar-refractivity contribution in [2.24, 2.45) is 17.6 Å². The van der Waals surface area contributed by atoms with Crippen LogP contribution in [0.2, 0.25) is 5.02 Å². The van der Waals surface area contributed by atoms with Gasteiger partial charge in [0.1, 0.15) is 0 Å². The molecule has 4 rings (SSSR count). The molecule has 2 aromatic rings. The van der Waals surface area contributed by atoms with Gasteiger partial charge in [-0.25, -0.2) is 4.79 Å². The number of carbonyl (C=O) groups excluding carboxylic acids is 2. The number of amides is 2. The minimum absolute atomic E-state index is 0.00233. The lowest BCUT2D eigenvalue weighted by Gasteiger charge is -2.44. The molecule has 9 heteroatoms. The molecule has 2 aromatic carbocycles. The summed E-state index contributed by atoms with van der Waals surface area (Å²) in [5.41, 5.74) is 8.59. The number of ether oxygens (including phenoxy) is 1. The monoisotopic (exact) mass is 571 g/mol. The van der Waals surface area contributed by atoms with Gasteiger partial charge in [-0.2, -0.15) is 0 Å². The number of nitrogens with two attached hydrogens (primary N) is 1. The van der Waals surface area contributed by atoms with E-state index in [4.69, 9.17) is 22.1 Å². The van der Waals surface area contributed by atoms with Crippen LogP contribution >= 0.6 is 11.6 Å². The number of benzene rings is 2. The van der Waals surface area contributed by atoms with E-state index in [9.17, 15) is 19.8 Å². The van der Waals surface area contributed by atoms with Crippen molar-refractivity contribution in [1.29, 1.82) is 0 Å². The van der Waals surface area contributed by atoms with Gasteiger partial charge in [0.25, 0.3) is 0 Å². The molecule has 218 valence electrons. The fourth-order valence-corrected chi connectivity index (χ4v) is 6.67. The van der Waals surface area contributed by atoms with Crippen LogP contribution in [0, 0.1) is 18.8 Å². The molecule has 2 amide bonds. The van der Waals surface area contributed by atoms with Gasteiger partial charge in [-0.15, -0.1) is 0 Å². The highest BCUT2D eigenvalue weighted by atomic mass is 35.5. The lowest BCUT2D eigenvalue weighted by molar-refractivity contribution is -0.141. The molecule has 1 heterocycles. The summed E-state index contributed by atoms with van der Waals surface area (Å²) in [6, 6.07) is 13.5. The van der Waals surface area contributed by atoms with E-state index >= 15 is 0 Å². The van der Waals surface area contributed by atoms with Crippen molar-refractivity contribution in [3.63, 3.8) is 0 Å². The Balaban J connectivity index is 1.64. The summed E-state index contributed by atoms with van der Waals surface area (Å²) in [6.45, 7) is 3.41. The molecule has 1 aliphatic carbocycles. The van der Waals surface area contributed by atoms with Crippen LogP contribution in [0.5, 0.6) is 0 Å². The molecule has 1 saturated carbocycles. The van der Waals surface area contributed by atoms with Gasteiger partial charge in [0.05, 0.1) is 18.8 Å². The quantitative estimate of drug-likeness (QED) is 0.338. The second kappa shape index (κ2) is 13.3.